The van der Waals surface area contributed by atoms with Crippen LogP contribution in [0.4, 0.5) is 0 Å². The van der Waals surface area contributed by atoms with Gasteiger partial charge in [0.1, 0.15) is 0 Å². The maximum absolute atomic E-state index is 12.7. The van der Waals surface area contributed by atoms with Crippen molar-refractivity contribution in [2.24, 2.45) is 5.92 Å². The fourth-order valence-corrected chi connectivity index (χ4v) is 5.80. The summed E-state index contributed by atoms with van der Waals surface area (Å²) in [5, 5.41) is 0. The summed E-state index contributed by atoms with van der Waals surface area (Å²) >= 11 is 0. The Morgan fingerprint density at radius 2 is 1.62 bits per heavy atom. The number of piperidine rings is 1. The number of benzene rings is 1. The van der Waals surface area contributed by atoms with Gasteiger partial charge in [-0.3, -0.25) is 0 Å². The van der Waals surface area contributed by atoms with Crippen molar-refractivity contribution in [3.63, 3.8) is 0 Å². The lowest BCUT2D eigenvalue weighted by Gasteiger charge is -2.32. The maximum Gasteiger partial charge on any atom is 0.243 e. The molecule has 1 N–H and O–H groups in total. The van der Waals surface area contributed by atoms with E-state index in [2.05, 4.69) is 4.72 Å². The van der Waals surface area contributed by atoms with E-state index in [1.54, 1.807) is 0 Å². The van der Waals surface area contributed by atoms with Crippen molar-refractivity contribution in [1.82, 2.24) is 9.03 Å². The molecule has 1 aromatic carbocycles. The van der Waals surface area contributed by atoms with Crippen molar-refractivity contribution in [3.8, 4) is 0 Å². The zero-order chi connectivity index (χ0) is 17.4. The molecule has 0 amide bonds. The van der Waals surface area contributed by atoms with Gasteiger partial charge in [-0.15, -0.1) is 0 Å². The Bertz CT molecular complexity index is 784. The van der Waals surface area contributed by atoms with E-state index >= 15 is 0 Å². The minimum Gasteiger partial charge on any atom is -0.211 e. The molecule has 1 heterocycles. The van der Waals surface area contributed by atoms with Crippen LogP contribution >= 0.6 is 0 Å². The lowest BCUT2D eigenvalue weighted by molar-refractivity contribution is 0.268. The second-order valence-corrected chi connectivity index (χ2v) is 10.4. The van der Waals surface area contributed by atoms with Crippen LogP contribution in [-0.2, 0) is 20.0 Å². The Labute approximate surface area is 144 Å². The molecule has 6 nitrogen and oxygen atoms in total. The van der Waals surface area contributed by atoms with Crippen molar-refractivity contribution in [1.29, 1.82) is 0 Å². The number of hydrogen-bond donors (Lipinski definition) is 1. The zero-order valence-corrected chi connectivity index (χ0v) is 15.4. The van der Waals surface area contributed by atoms with E-state index in [1.807, 2.05) is 6.92 Å². The first kappa shape index (κ1) is 17.8. The van der Waals surface area contributed by atoms with Crippen LogP contribution in [0.2, 0.25) is 0 Å². The third kappa shape index (κ3) is 3.82. The van der Waals surface area contributed by atoms with Gasteiger partial charge in [0.25, 0.3) is 0 Å². The highest BCUT2D eigenvalue weighted by Gasteiger charge is 2.31. The smallest absolute Gasteiger partial charge is 0.211 e. The van der Waals surface area contributed by atoms with Gasteiger partial charge < -0.3 is 0 Å². The Kier molecular flexibility index (Phi) is 5.01. The van der Waals surface area contributed by atoms with Crippen LogP contribution in [0.3, 0.4) is 0 Å². The number of hydrogen-bond acceptors (Lipinski definition) is 4. The highest BCUT2D eigenvalue weighted by molar-refractivity contribution is 7.89. The molecule has 0 spiro atoms. The largest absolute Gasteiger partial charge is 0.243 e. The molecule has 24 heavy (non-hydrogen) atoms. The van der Waals surface area contributed by atoms with Gasteiger partial charge >= 0.3 is 0 Å². The van der Waals surface area contributed by atoms with Crippen LogP contribution < -0.4 is 4.72 Å². The molecule has 1 aliphatic carbocycles. The van der Waals surface area contributed by atoms with E-state index in [4.69, 9.17) is 0 Å². The molecule has 0 radical (unpaired) electrons. The van der Waals surface area contributed by atoms with Gasteiger partial charge in [-0.2, -0.15) is 4.31 Å². The van der Waals surface area contributed by atoms with E-state index in [1.165, 1.54) is 28.6 Å². The lowest BCUT2D eigenvalue weighted by atomic mass is 10.1. The lowest BCUT2D eigenvalue weighted by Crippen LogP contribution is -2.41. The van der Waals surface area contributed by atoms with Crippen LogP contribution in [0.25, 0.3) is 0 Å². The van der Waals surface area contributed by atoms with Gasteiger partial charge in [0, 0.05) is 19.1 Å². The molecule has 0 bridgehead atoms. The molecule has 1 saturated heterocycles. The summed E-state index contributed by atoms with van der Waals surface area (Å²) < 4.78 is 54.0. The molecule has 0 aromatic heterocycles. The standard InChI is InChI=1S/C16H24N2O4S2/c1-13-4-2-3-11-18(13)24(21,22)16-9-7-15(8-10-16)23(19,20)17-12-14-5-6-14/h7-10,13-14,17H,2-6,11-12H2,1H3/t13-/m0/s1. The molecule has 1 aromatic rings. The second-order valence-electron chi connectivity index (χ2n) is 6.73. The first-order valence-electron chi connectivity index (χ1n) is 8.42. The average molecular weight is 373 g/mol. The van der Waals surface area contributed by atoms with E-state index in [-0.39, 0.29) is 15.8 Å². The number of nitrogens with zero attached hydrogens (tertiary/aromatic N) is 1. The van der Waals surface area contributed by atoms with Gasteiger partial charge in [0.15, 0.2) is 0 Å². The maximum atomic E-state index is 12.7. The summed E-state index contributed by atoms with van der Waals surface area (Å²) in [7, 11) is -7.14. The monoisotopic (exact) mass is 372 g/mol. The molecule has 8 heteroatoms. The molecule has 2 aliphatic rings. The van der Waals surface area contributed by atoms with Gasteiger partial charge in [-0.25, -0.2) is 21.6 Å². The summed E-state index contributed by atoms with van der Waals surface area (Å²) in [5.41, 5.74) is 0. The summed E-state index contributed by atoms with van der Waals surface area (Å²) in [6, 6.07) is 5.50. The Morgan fingerprint density at radius 1 is 1.00 bits per heavy atom. The first-order valence-corrected chi connectivity index (χ1v) is 11.3. The van der Waals surface area contributed by atoms with Crippen LogP contribution in [0.5, 0.6) is 0 Å². The van der Waals surface area contributed by atoms with Crippen molar-refractivity contribution in [2.75, 3.05) is 13.1 Å². The van der Waals surface area contributed by atoms with Crippen LogP contribution in [0.15, 0.2) is 34.1 Å². The van der Waals surface area contributed by atoms with Crippen LogP contribution in [-0.4, -0.2) is 40.3 Å². The highest BCUT2D eigenvalue weighted by Crippen LogP contribution is 2.28. The van der Waals surface area contributed by atoms with Gasteiger partial charge in [-0.1, -0.05) is 6.42 Å². The van der Waals surface area contributed by atoms with E-state index in [0.717, 1.165) is 32.1 Å². The molecule has 0 unspecified atom stereocenters. The molecule has 2 fully saturated rings. The molecule has 1 aliphatic heterocycles. The quantitative estimate of drug-likeness (QED) is 0.827. The number of rotatable bonds is 6. The molecule has 134 valence electrons. The summed E-state index contributed by atoms with van der Waals surface area (Å²) in [5.74, 6) is 0.444. The van der Waals surface area contributed by atoms with Crippen LogP contribution in [0, 0.1) is 5.92 Å². The van der Waals surface area contributed by atoms with Gasteiger partial charge in [0.2, 0.25) is 20.0 Å². The van der Waals surface area contributed by atoms with Gasteiger partial charge in [0.05, 0.1) is 9.79 Å². The minimum atomic E-state index is -3.57. The van der Waals surface area contributed by atoms with Crippen molar-refractivity contribution < 1.29 is 16.8 Å². The Hall–Kier alpha value is -0.960. The van der Waals surface area contributed by atoms with E-state index in [0.29, 0.717) is 19.0 Å². The normalized spacial score (nSPS) is 23.3. The van der Waals surface area contributed by atoms with Crippen molar-refractivity contribution in [2.45, 2.75) is 54.9 Å². The third-order valence-corrected chi connectivity index (χ3v) is 8.21. The SMILES string of the molecule is C[C@H]1CCCCN1S(=O)(=O)c1ccc(S(=O)(=O)NCC2CC2)cc1. The van der Waals surface area contributed by atoms with E-state index < -0.39 is 20.0 Å². The fraction of sp³-hybridized carbons (Fsp3) is 0.625. The van der Waals surface area contributed by atoms with Crippen LogP contribution in [0.1, 0.15) is 39.0 Å². The van der Waals surface area contributed by atoms with Gasteiger partial charge in [-0.05, 0) is 62.8 Å². The number of nitrogens with one attached hydrogen (secondary N) is 1. The summed E-state index contributed by atoms with van der Waals surface area (Å²) in [6.07, 6.45) is 4.89. The predicted molar refractivity (Wildman–Crippen MR) is 91.6 cm³/mol. The Balaban J connectivity index is 1.78. The summed E-state index contributed by atoms with van der Waals surface area (Å²) in [6.45, 7) is 2.89. The molecule has 3 rings (SSSR count). The first-order chi connectivity index (χ1) is 11.3. The summed E-state index contributed by atoms with van der Waals surface area (Å²) in [4.78, 5) is 0.256. The molecular formula is C16H24N2O4S2. The topological polar surface area (TPSA) is 83.6 Å². The molecule has 1 atom stereocenters. The average Bonchev–Trinajstić information content (AvgIpc) is 3.38. The minimum absolute atomic E-state index is 0.0210. The zero-order valence-electron chi connectivity index (χ0n) is 13.8. The fourth-order valence-electron chi connectivity index (χ4n) is 2.99. The van der Waals surface area contributed by atoms with Crippen molar-refractivity contribution >= 4 is 20.0 Å². The molecule has 1 saturated carbocycles. The Morgan fingerprint density at radius 3 is 2.21 bits per heavy atom. The molecular weight excluding hydrogens is 348 g/mol. The highest BCUT2D eigenvalue weighted by atomic mass is 32.2. The predicted octanol–water partition coefficient (Wildman–Crippen LogP) is 1.94. The van der Waals surface area contributed by atoms with E-state index in [9.17, 15) is 16.8 Å². The van der Waals surface area contributed by atoms with Crippen molar-refractivity contribution in [3.05, 3.63) is 24.3 Å². The number of sulfonamides is 2. The second kappa shape index (κ2) is 6.74. The third-order valence-electron chi connectivity index (χ3n) is 4.74.